The molecule has 2 nitrogen and oxygen atoms in total. The number of hydrogen-bond donors (Lipinski definition) is 1. The Labute approximate surface area is 109 Å². The van der Waals surface area contributed by atoms with E-state index in [0.29, 0.717) is 0 Å². The van der Waals surface area contributed by atoms with Crippen molar-refractivity contribution < 1.29 is 0 Å². The lowest BCUT2D eigenvalue weighted by molar-refractivity contribution is 0.378. The molecule has 0 spiro atoms. The first-order valence-electron chi connectivity index (χ1n) is 6.35. The molecule has 1 aromatic rings. The van der Waals surface area contributed by atoms with Gasteiger partial charge in [0.25, 0.3) is 0 Å². The topological polar surface area (TPSA) is 15.3 Å². The molecule has 1 aromatic carbocycles. The third-order valence-corrected chi connectivity index (χ3v) is 3.80. The number of aryl methyl sites for hydroxylation is 1. The standard InChI is InChI=1S/C14H21ClN2/c1-11-9-13(15)3-4-14(11)17(2)10-12-5-7-16-8-6-12/h3-4,9,12,16H,5-8,10H2,1-2H3. The van der Waals surface area contributed by atoms with Crippen molar-refractivity contribution in [3.63, 3.8) is 0 Å². The van der Waals surface area contributed by atoms with Gasteiger partial charge in [0.15, 0.2) is 0 Å². The highest BCUT2D eigenvalue weighted by molar-refractivity contribution is 6.30. The molecule has 0 unspecified atom stereocenters. The van der Waals surface area contributed by atoms with Crippen molar-refractivity contribution >= 4 is 17.3 Å². The van der Waals surface area contributed by atoms with Crippen LogP contribution in [0, 0.1) is 12.8 Å². The Morgan fingerprint density at radius 2 is 2.06 bits per heavy atom. The maximum atomic E-state index is 5.99. The fraction of sp³-hybridized carbons (Fsp3) is 0.571. The van der Waals surface area contributed by atoms with Gasteiger partial charge in [-0.1, -0.05) is 11.6 Å². The number of rotatable bonds is 3. The Bertz CT molecular complexity index is 372. The zero-order chi connectivity index (χ0) is 12.3. The molecule has 17 heavy (non-hydrogen) atoms. The maximum Gasteiger partial charge on any atom is 0.0410 e. The minimum atomic E-state index is 0.816. The van der Waals surface area contributed by atoms with Gasteiger partial charge in [-0.3, -0.25) is 0 Å². The molecule has 0 saturated carbocycles. The summed E-state index contributed by atoms with van der Waals surface area (Å²) in [6.07, 6.45) is 2.58. The van der Waals surface area contributed by atoms with Gasteiger partial charge in [-0.15, -0.1) is 0 Å². The highest BCUT2D eigenvalue weighted by atomic mass is 35.5. The van der Waals surface area contributed by atoms with Gasteiger partial charge in [-0.2, -0.15) is 0 Å². The summed E-state index contributed by atoms with van der Waals surface area (Å²) in [5.41, 5.74) is 2.56. The highest BCUT2D eigenvalue weighted by Crippen LogP contribution is 2.24. The smallest absolute Gasteiger partial charge is 0.0410 e. The van der Waals surface area contributed by atoms with Crippen molar-refractivity contribution in [2.24, 2.45) is 5.92 Å². The van der Waals surface area contributed by atoms with E-state index in [-0.39, 0.29) is 0 Å². The van der Waals surface area contributed by atoms with Gasteiger partial charge in [-0.05, 0) is 62.5 Å². The first kappa shape index (κ1) is 12.7. The summed E-state index contributed by atoms with van der Waals surface area (Å²) >= 11 is 5.99. The van der Waals surface area contributed by atoms with Gasteiger partial charge in [0, 0.05) is 24.3 Å². The molecule has 3 heteroatoms. The van der Waals surface area contributed by atoms with Crippen LogP contribution >= 0.6 is 11.6 Å². The van der Waals surface area contributed by atoms with E-state index in [1.54, 1.807) is 0 Å². The van der Waals surface area contributed by atoms with Crippen LogP contribution in [-0.4, -0.2) is 26.7 Å². The molecule has 0 atom stereocenters. The Hall–Kier alpha value is -0.730. The van der Waals surface area contributed by atoms with Gasteiger partial charge in [0.05, 0.1) is 0 Å². The van der Waals surface area contributed by atoms with Crippen LogP contribution in [0.4, 0.5) is 5.69 Å². The Morgan fingerprint density at radius 1 is 1.35 bits per heavy atom. The second kappa shape index (κ2) is 5.74. The zero-order valence-electron chi connectivity index (χ0n) is 10.7. The second-order valence-corrected chi connectivity index (χ2v) is 5.44. The lowest BCUT2D eigenvalue weighted by Crippen LogP contribution is -2.34. The van der Waals surface area contributed by atoms with Crippen molar-refractivity contribution in [3.8, 4) is 0 Å². The summed E-state index contributed by atoms with van der Waals surface area (Å²) in [6, 6.07) is 6.14. The number of benzene rings is 1. The van der Waals surface area contributed by atoms with Crippen LogP contribution in [0.15, 0.2) is 18.2 Å². The summed E-state index contributed by atoms with van der Waals surface area (Å²) in [7, 11) is 2.18. The van der Waals surface area contributed by atoms with E-state index in [0.717, 1.165) is 30.6 Å². The third-order valence-electron chi connectivity index (χ3n) is 3.56. The van der Waals surface area contributed by atoms with E-state index in [1.807, 2.05) is 12.1 Å². The SMILES string of the molecule is Cc1cc(Cl)ccc1N(C)CC1CCNCC1. The summed E-state index contributed by atoms with van der Waals surface area (Å²) < 4.78 is 0. The number of nitrogens with one attached hydrogen (secondary N) is 1. The molecule has 0 aliphatic carbocycles. The Balaban J connectivity index is 2.00. The quantitative estimate of drug-likeness (QED) is 0.890. The van der Waals surface area contributed by atoms with Crippen molar-refractivity contribution in [1.82, 2.24) is 5.32 Å². The zero-order valence-corrected chi connectivity index (χ0v) is 11.4. The minimum absolute atomic E-state index is 0.816. The summed E-state index contributed by atoms with van der Waals surface area (Å²) in [5.74, 6) is 0.816. The van der Waals surface area contributed by atoms with Crippen molar-refractivity contribution in [3.05, 3.63) is 28.8 Å². The molecule has 0 amide bonds. The predicted octanol–water partition coefficient (Wildman–Crippen LogP) is 3.08. The van der Waals surface area contributed by atoms with Crippen LogP contribution in [0.5, 0.6) is 0 Å². The number of anilines is 1. The van der Waals surface area contributed by atoms with E-state index < -0.39 is 0 Å². The van der Waals surface area contributed by atoms with Crippen LogP contribution in [0.2, 0.25) is 5.02 Å². The van der Waals surface area contributed by atoms with E-state index in [9.17, 15) is 0 Å². The molecule has 1 fully saturated rings. The fourth-order valence-electron chi connectivity index (χ4n) is 2.60. The summed E-state index contributed by atoms with van der Waals surface area (Å²) in [5, 5.41) is 4.23. The van der Waals surface area contributed by atoms with Crippen molar-refractivity contribution in [2.45, 2.75) is 19.8 Å². The van der Waals surface area contributed by atoms with Crippen LogP contribution < -0.4 is 10.2 Å². The average Bonchev–Trinajstić information content (AvgIpc) is 2.30. The van der Waals surface area contributed by atoms with E-state index >= 15 is 0 Å². The second-order valence-electron chi connectivity index (χ2n) is 5.00. The molecule has 1 N–H and O–H groups in total. The van der Waals surface area contributed by atoms with E-state index in [4.69, 9.17) is 11.6 Å². The van der Waals surface area contributed by atoms with E-state index in [1.165, 1.54) is 24.1 Å². The molecular weight excluding hydrogens is 232 g/mol. The van der Waals surface area contributed by atoms with E-state index in [2.05, 4.69) is 30.3 Å². The van der Waals surface area contributed by atoms with Gasteiger partial charge < -0.3 is 10.2 Å². The van der Waals surface area contributed by atoms with Gasteiger partial charge in [0.1, 0.15) is 0 Å². The number of piperidine rings is 1. The largest absolute Gasteiger partial charge is 0.374 e. The molecule has 1 aliphatic rings. The average molecular weight is 253 g/mol. The van der Waals surface area contributed by atoms with Crippen molar-refractivity contribution in [2.75, 3.05) is 31.6 Å². The number of halogens is 1. The van der Waals surface area contributed by atoms with Crippen molar-refractivity contribution in [1.29, 1.82) is 0 Å². The molecule has 0 radical (unpaired) electrons. The lowest BCUT2D eigenvalue weighted by Gasteiger charge is -2.29. The number of nitrogens with zero attached hydrogens (tertiary/aromatic N) is 1. The number of hydrogen-bond acceptors (Lipinski definition) is 2. The normalized spacial score (nSPS) is 17.1. The first-order valence-corrected chi connectivity index (χ1v) is 6.72. The monoisotopic (exact) mass is 252 g/mol. The van der Waals surface area contributed by atoms with Crippen LogP contribution in [-0.2, 0) is 0 Å². The van der Waals surface area contributed by atoms with Gasteiger partial charge in [-0.25, -0.2) is 0 Å². The Kier molecular flexibility index (Phi) is 4.30. The molecule has 0 bridgehead atoms. The fourth-order valence-corrected chi connectivity index (χ4v) is 2.82. The van der Waals surface area contributed by atoms with Gasteiger partial charge in [0.2, 0.25) is 0 Å². The molecular formula is C14H21ClN2. The first-order chi connectivity index (χ1) is 8.16. The summed E-state index contributed by atoms with van der Waals surface area (Å²) in [6.45, 7) is 5.60. The predicted molar refractivity (Wildman–Crippen MR) is 75.1 cm³/mol. The van der Waals surface area contributed by atoms with Crippen LogP contribution in [0.3, 0.4) is 0 Å². The molecule has 94 valence electrons. The Morgan fingerprint density at radius 3 is 2.71 bits per heavy atom. The third kappa shape index (κ3) is 3.36. The minimum Gasteiger partial charge on any atom is -0.374 e. The molecule has 2 rings (SSSR count). The van der Waals surface area contributed by atoms with Crippen LogP contribution in [0.25, 0.3) is 0 Å². The van der Waals surface area contributed by atoms with Gasteiger partial charge >= 0.3 is 0 Å². The lowest BCUT2D eigenvalue weighted by atomic mass is 9.97. The molecule has 1 saturated heterocycles. The highest BCUT2D eigenvalue weighted by Gasteiger charge is 2.16. The molecule has 1 heterocycles. The maximum absolute atomic E-state index is 5.99. The summed E-state index contributed by atoms with van der Waals surface area (Å²) in [4.78, 5) is 2.36. The van der Waals surface area contributed by atoms with Crippen LogP contribution in [0.1, 0.15) is 18.4 Å². The molecule has 1 aliphatic heterocycles. The molecule has 0 aromatic heterocycles.